The summed E-state index contributed by atoms with van der Waals surface area (Å²) in [6.45, 7) is 3.03. The van der Waals surface area contributed by atoms with Crippen molar-refractivity contribution in [2.45, 2.75) is 32.0 Å². The first-order valence-electron chi connectivity index (χ1n) is 9.79. The van der Waals surface area contributed by atoms with Crippen LogP contribution in [0.1, 0.15) is 17.5 Å². The molecule has 2 unspecified atom stereocenters. The van der Waals surface area contributed by atoms with Crippen molar-refractivity contribution >= 4 is 9.84 Å². The van der Waals surface area contributed by atoms with Crippen LogP contribution in [0.2, 0.25) is 0 Å². The van der Waals surface area contributed by atoms with Gasteiger partial charge in [-0.25, -0.2) is 8.42 Å². The van der Waals surface area contributed by atoms with Crippen LogP contribution >= 0.6 is 0 Å². The fraction of sp³-hybridized carbons (Fsp3) is 0.455. The van der Waals surface area contributed by atoms with Gasteiger partial charge in [-0.3, -0.25) is 4.90 Å². The molecule has 1 aliphatic rings. The lowest BCUT2D eigenvalue weighted by Gasteiger charge is -2.30. The monoisotopic (exact) mass is 419 g/mol. The number of ether oxygens (including phenoxy) is 2. The molecule has 2 aromatic carbocycles. The first kappa shape index (κ1) is 21.6. The second-order valence-electron chi connectivity index (χ2n) is 7.62. The van der Waals surface area contributed by atoms with Crippen molar-refractivity contribution in [2.24, 2.45) is 0 Å². The van der Waals surface area contributed by atoms with Gasteiger partial charge in [0.05, 0.1) is 18.6 Å². The molecule has 3 rings (SSSR count). The van der Waals surface area contributed by atoms with E-state index in [2.05, 4.69) is 0 Å². The Kier molecular flexibility index (Phi) is 7.16. The number of methoxy groups -OCH3 is 1. The zero-order valence-corrected chi connectivity index (χ0v) is 17.8. The first-order chi connectivity index (χ1) is 13.8. The highest BCUT2D eigenvalue weighted by atomic mass is 32.2. The molecule has 1 heterocycles. The SMILES string of the molecule is COc1cccc(CN(CC(O)COc2ccc(C)cc2)C2CCS(=O)(=O)C2)c1. The smallest absolute Gasteiger partial charge is 0.151 e. The molecular weight excluding hydrogens is 390 g/mol. The van der Waals surface area contributed by atoms with Gasteiger partial charge in [-0.2, -0.15) is 0 Å². The highest BCUT2D eigenvalue weighted by Gasteiger charge is 2.33. The van der Waals surface area contributed by atoms with Crippen LogP contribution in [0.5, 0.6) is 11.5 Å². The summed E-state index contributed by atoms with van der Waals surface area (Å²) in [5.41, 5.74) is 2.16. The Morgan fingerprint density at radius 3 is 2.59 bits per heavy atom. The summed E-state index contributed by atoms with van der Waals surface area (Å²) in [6, 6.07) is 15.3. The van der Waals surface area contributed by atoms with E-state index in [1.54, 1.807) is 7.11 Å². The third-order valence-corrected chi connectivity index (χ3v) is 6.90. The molecule has 6 nitrogen and oxygen atoms in total. The summed E-state index contributed by atoms with van der Waals surface area (Å²) in [6.07, 6.45) is -0.150. The highest BCUT2D eigenvalue weighted by Crippen LogP contribution is 2.22. The standard InChI is InChI=1S/C22H29NO5S/c1-17-6-8-21(9-7-17)28-15-20(24)14-23(19-10-11-29(25,26)16-19)13-18-4-3-5-22(12-18)27-2/h3-9,12,19-20,24H,10-11,13-16H2,1-2H3. The number of aliphatic hydroxyl groups excluding tert-OH is 1. The van der Waals surface area contributed by atoms with Crippen molar-refractivity contribution in [3.05, 3.63) is 59.7 Å². The van der Waals surface area contributed by atoms with Crippen molar-refractivity contribution < 1.29 is 23.0 Å². The minimum absolute atomic E-state index is 0.111. The minimum atomic E-state index is -3.02. The van der Waals surface area contributed by atoms with Gasteiger partial charge in [0.15, 0.2) is 9.84 Å². The van der Waals surface area contributed by atoms with Crippen LogP contribution in [0.25, 0.3) is 0 Å². The zero-order valence-electron chi connectivity index (χ0n) is 17.0. The lowest BCUT2D eigenvalue weighted by molar-refractivity contribution is 0.0524. The van der Waals surface area contributed by atoms with E-state index >= 15 is 0 Å². The number of nitrogens with zero attached hydrogens (tertiary/aromatic N) is 1. The molecule has 0 spiro atoms. The molecule has 0 radical (unpaired) electrons. The maximum absolute atomic E-state index is 12.0. The molecule has 2 aromatic rings. The van der Waals surface area contributed by atoms with Gasteiger partial charge >= 0.3 is 0 Å². The lowest BCUT2D eigenvalue weighted by atomic mass is 10.1. The summed E-state index contributed by atoms with van der Waals surface area (Å²) < 4.78 is 35.0. The number of aryl methyl sites for hydroxylation is 1. The van der Waals surface area contributed by atoms with Crippen LogP contribution in [0, 0.1) is 6.92 Å². The maximum atomic E-state index is 12.0. The van der Waals surface area contributed by atoms with E-state index in [9.17, 15) is 13.5 Å². The van der Waals surface area contributed by atoms with Gasteiger partial charge in [-0.1, -0.05) is 29.8 Å². The maximum Gasteiger partial charge on any atom is 0.151 e. The van der Waals surface area contributed by atoms with E-state index < -0.39 is 15.9 Å². The number of benzene rings is 2. The van der Waals surface area contributed by atoms with Crippen LogP contribution in [0.15, 0.2) is 48.5 Å². The van der Waals surface area contributed by atoms with E-state index in [1.165, 1.54) is 0 Å². The summed E-state index contributed by atoms with van der Waals surface area (Å²) in [4.78, 5) is 2.04. The number of hydrogen-bond acceptors (Lipinski definition) is 6. The van der Waals surface area contributed by atoms with Gasteiger partial charge in [0.1, 0.15) is 24.2 Å². The number of rotatable bonds is 9. The molecule has 0 amide bonds. The highest BCUT2D eigenvalue weighted by molar-refractivity contribution is 7.91. The second kappa shape index (κ2) is 9.61. The lowest BCUT2D eigenvalue weighted by Crippen LogP contribution is -2.42. The largest absolute Gasteiger partial charge is 0.497 e. The van der Waals surface area contributed by atoms with Crippen molar-refractivity contribution in [3.8, 4) is 11.5 Å². The molecule has 7 heteroatoms. The van der Waals surface area contributed by atoms with Crippen molar-refractivity contribution in [3.63, 3.8) is 0 Å². The topological polar surface area (TPSA) is 76.1 Å². The Morgan fingerprint density at radius 2 is 1.93 bits per heavy atom. The average molecular weight is 420 g/mol. The predicted molar refractivity (Wildman–Crippen MR) is 113 cm³/mol. The average Bonchev–Trinajstić information content (AvgIpc) is 3.07. The third kappa shape index (κ3) is 6.45. The third-order valence-electron chi connectivity index (χ3n) is 5.15. The molecule has 1 fully saturated rings. The van der Waals surface area contributed by atoms with Crippen LogP contribution in [0.4, 0.5) is 0 Å². The van der Waals surface area contributed by atoms with Gasteiger partial charge in [-0.15, -0.1) is 0 Å². The van der Waals surface area contributed by atoms with Crippen molar-refractivity contribution in [2.75, 3.05) is 31.8 Å². The summed E-state index contributed by atoms with van der Waals surface area (Å²) in [5, 5.41) is 10.6. The molecule has 0 aromatic heterocycles. The predicted octanol–water partition coefficient (Wildman–Crippen LogP) is 2.43. The fourth-order valence-electron chi connectivity index (χ4n) is 3.56. The molecule has 0 bridgehead atoms. The fourth-order valence-corrected chi connectivity index (χ4v) is 5.32. The molecular formula is C22H29NO5S. The van der Waals surface area contributed by atoms with E-state index in [1.807, 2.05) is 60.4 Å². The van der Waals surface area contributed by atoms with Gasteiger partial charge < -0.3 is 14.6 Å². The Hall–Kier alpha value is -2.09. The van der Waals surface area contributed by atoms with Crippen LogP contribution < -0.4 is 9.47 Å². The minimum Gasteiger partial charge on any atom is -0.497 e. The Morgan fingerprint density at radius 1 is 1.17 bits per heavy atom. The van der Waals surface area contributed by atoms with E-state index in [-0.39, 0.29) is 24.2 Å². The second-order valence-corrected chi connectivity index (χ2v) is 9.84. The van der Waals surface area contributed by atoms with E-state index in [4.69, 9.17) is 9.47 Å². The summed E-state index contributed by atoms with van der Waals surface area (Å²) >= 11 is 0. The number of aliphatic hydroxyl groups is 1. The van der Waals surface area contributed by atoms with Crippen molar-refractivity contribution in [1.82, 2.24) is 4.90 Å². The van der Waals surface area contributed by atoms with Crippen LogP contribution in [-0.4, -0.2) is 62.3 Å². The van der Waals surface area contributed by atoms with E-state index in [0.29, 0.717) is 25.3 Å². The number of sulfone groups is 1. The van der Waals surface area contributed by atoms with Gasteiger partial charge in [0.2, 0.25) is 0 Å². The summed E-state index contributed by atoms with van der Waals surface area (Å²) in [7, 11) is -1.40. The Bertz CT molecular complexity index is 898. The molecule has 158 valence electrons. The van der Waals surface area contributed by atoms with Gasteiger partial charge in [-0.05, 0) is 43.2 Å². The Labute approximate surface area is 173 Å². The summed E-state index contributed by atoms with van der Waals surface area (Å²) in [5.74, 6) is 1.78. The van der Waals surface area contributed by atoms with Crippen LogP contribution in [0.3, 0.4) is 0 Å². The molecule has 29 heavy (non-hydrogen) atoms. The van der Waals surface area contributed by atoms with Crippen LogP contribution in [-0.2, 0) is 16.4 Å². The van der Waals surface area contributed by atoms with Gasteiger partial charge in [0, 0.05) is 19.1 Å². The van der Waals surface area contributed by atoms with Crippen molar-refractivity contribution in [1.29, 1.82) is 0 Å². The molecule has 0 aliphatic carbocycles. The molecule has 1 N–H and O–H groups in total. The molecule has 2 atom stereocenters. The molecule has 1 aliphatic heterocycles. The Balaban J connectivity index is 1.66. The normalized spacial score (nSPS) is 19.2. The quantitative estimate of drug-likeness (QED) is 0.673. The molecule has 1 saturated heterocycles. The van der Waals surface area contributed by atoms with Gasteiger partial charge in [0.25, 0.3) is 0 Å². The first-order valence-corrected chi connectivity index (χ1v) is 11.6. The van der Waals surface area contributed by atoms with E-state index in [0.717, 1.165) is 16.9 Å². The molecule has 0 saturated carbocycles. The number of hydrogen-bond donors (Lipinski definition) is 1. The zero-order chi connectivity index (χ0) is 20.9.